The Bertz CT molecular complexity index is 233. The zero-order chi connectivity index (χ0) is 13.0. The highest BCUT2D eigenvalue weighted by Crippen LogP contribution is 2.36. The van der Waals surface area contributed by atoms with Crippen LogP contribution in [0.4, 0.5) is 0 Å². The van der Waals surface area contributed by atoms with E-state index in [1.165, 1.54) is 43.6 Å². The lowest BCUT2D eigenvalue weighted by Crippen LogP contribution is -2.59. The highest BCUT2D eigenvalue weighted by atomic mass is 32.2. The number of nitrogens with zero attached hydrogens (tertiary/aromatic N) is 1. The molecule has 2 fully saturated rings. The summed E-state index contributed by atoms with van der Waals surface area (Å²) in [6, 6.07) is 3.27. The Labute approximate surface area is 117 Å². The average molecular weight is 270 g/mol. The van der Waals surface area contributed by atoms with Crippen LogP contribution in [0.25, 0.3) is 0 Å². The van der Waals surface area contributed by atoms with Crippen LogP contribution in [0.3, 0.4) is 0 Å². The highest BCUT2D eigenvalue weighted by molar-refractivity contribution is 7.99. The van der Waals surface area contributed by atoms with Crippen LogP contribution in [0.15, 0.2) is 0 Å². The molecule has 2 aliphatic heterocycles. The lowest BCUT2D eigenvalue weighted by atomic mass is 9.81. The summed E-state index contributed by atoms with van der Waals surface area (Å²) in [6.45, 7) is 8.09. The Kier molecular flexibility index (Phi) is 5.84. The van der Waals surface area contributed by atoms with Crippen molar-refractivity contribution in [3.63, 3.8) is 0 Å². The monoisotopic (exact) mass is 270 g/mol. The Hall–Kier alpha value is 0.270. The Morgan fingerprint density at radius 3 is 2.44 bits per heavy atom. The van der Waals surface area contributed by atoms with E-state index in [0.29, 0.717) is 0 Å². The van der Waals surface area contributed by atoms with Crippen LogP contribution in [-0.4, -0.2) is 47.1 Å². The van der Waals surface area contributed by atoms with E-state index in [0.717, 1.165) is 30.7 Å². The number of thioether (sulfide) groups is 1. The molecule has 0 aromatic carbocycles. The van der Waals surface area contributed by atoms with Gasteiger partial charge in [-0.1, -0.05) is 20.3 Å². The maximum Gasteiger partial charge on any atom is 0.0163 e. The fourth-order valence-electron chi connectivity index (χ4n) is 3.97. The van der Waals surface area contributed by atoms with Crippen LogP contribution >= 0.6 is 11.8 Å². The molecule has 2 saturated heterocycles. The molecule has 0 aliphatic carbocycles. The maximum absolute atomic E-state index is 3.68. The first-order chi connectivity index (χ1) is 8.76. The van der Waals surface area contributed by atoms with E-state index >= 15 is 0 Å². The van der Waals surface area contributed by atoms with Gasteiger partial charge in [0.25, 0.3) is 0 Å². The topological polar surface area (TPSA) is 15.3 Å². The highest BCUT2D eigenvalue weighted by Gasteiger charge is 2.39. The first-order valence-corrected chi connectivity index (χ1v) is 9.00. The van der Waals surface area contributed by atoms with Crippen molar-refractivity contribution in [3.05, 3.63) is 0 Å². The summed E-state index contributed by atoms with van der Waals surface area (Å²) in [4.78, 5) is 2.88. The first-order valence-electron chi connectivity index (χ1n) is 7.84. The fourth-order valence-corrected chi connectivity index (χ4v) is 4.72. The number of rotatable bonds is 6. The molecule has 0 amide bonds. The standard InChI is InChI=1S/C15H30N2S/c1-4-16-13-9-14-7-6-8-15(10-13)17(14)12(3)11-18-5-2/h12-16H,4-11H2,1-3H3. The predicted octanol–water partition coefficient (Wildman–Crippen LogP) is 3.12. The van der Waals surface area contributed by atoms with Crippen molar-refractivity contribution in [1.29, 1.82) is 0 Å². The largest absolute Gasteiger partial charge is 0.314 e. The van der Waals surface area contributed by atoms with Crippen LogP contribution in [-0.2, 0) is 0 Å². The smallest absolute Gasteiger partial charge is 0.0163 e. The van der Waals surface area contributed by atoms with Crippen LogP contribution in [0.2, 0.25) is 0 Å². The molecular weight excluding hydrogens is 240 g/mol. The molecule has 0 aromatic rings. The number of piperidine rings is 2. The van der Waals surface area contributed by atoms with Gasteiger partial charge in [0, 0.05) is 29.9 Å². The normalized spacial score (nSPS) is 34.5. The quantitative estimate of drug-likeness (QED) is 0.798. The summed E-state index contributed by atoms with van der Waals surface area (Å²) in [5.41, 5.74) is 0. The summed E-state index contributed by atoms with van der Waals surface area (Å²) in [7, 11) is 0. The van der Waals surface area contributed by atoms with E-state index in [1.54, 1.807) is 0 Å². The third kappa shape index (κ3) is 3.43. The summed E-state index contributed by atoms with van der Waals surface area (Å²) >= 11 is 2.10. The van der Waals surface area contributed by atoms with Gasteiger partial charge in [-0.05, 0) is 44.9 Å². The van der Waals surface area contributed by atoms with E-state index in [-0.39, 0.29) is 0 Å². The molecule has 2 nitrogen and oxygen atoms in total. The minimum atomic E-state index is 0.771. The van der Waals surface area contributed by atoms with Crippen LogP contribution in [0.5, 0.6) is 0 Å². The molecule has 3 heteroatoms. The predicted molar refractivity (Wildman–Crippen MR) is 82.4 cm³/mol. The molecule has 18 heavy (non-hydrogen) atoms. The summed E-state index contributed by atoms with van der Waals surface area (Å²) in [5, 5.41) is 3.68. The number of hydrogen-bond donors (Lipinski definition) is 1. The van der Waals surface area contributed by atoms with Crippen LogP contribution in [0.1, 0.15) is 52.9 Å². The van der Waals surface area contributed by atoms with Gasteiger partial charge in [0.15, 0.2) is 0 Å². The SMILES string of the molecule is CCNC1CC2CCCC(C1)N2C(C)CSCC. The molecule has 0 saturated carbocycles. The molecule has 3 unspecified atom stereocenters. The molecule has 2 aliphatic rings. The van der Waals surface area contributed by atoms with E-state index in [9.17, 15) is 0 Å². The summed E-state index contributed by atoms with van der Waals surface area (Å²) in [6.07, 6.45) is 7.08. The van der Waals surface area contributed by atoms with Crippen molar-refractivity contribution < 1.29 is 0 Å². The fraction of sp³-hybridized carbons (Fsp3) is 1.00. The van der Waals surface area contributed by atoms with Crippen LogP contribution in [0, 0.1) is 0 Å². The van der Waals surface area contributed by atoms with Gasteiger partial charge in [0.05, 0.1) is 0 Å². The number of hydrogen-bond acceptors (Lipinski definition) is 3. The van der Waals surface area contributed by atoms with Gasteiger partial charge in [0.2, 0.25) is 0 Å². The van der Waals surface area contributed by atoms with Gasteiger partial charge in [-0.3, -0.25) is 4.90 Å². The molecule has 0 spiro atoms. The van der Waals surface area contributed by atoms with Crippen molar-refractivity contribution in [3.8, 4) is 0 Å². The van der Waals surface area contributed by atoms with Crippen molar-refractivity contribution in [2.75, 3.05) is 18.1 Å². The van der Waals surface area contributed by atoms with Crippen molar-refractivity contribution in [1.82, 2.24) is 10.2 Å². The molecular formula is C15H30N2S. The second kappa shape index (κ2) is 7.16. The first kappa shape index (κ1) is 14.7. The third-order valence-corrected chi connectivity index (χ3v) is 5.72. The Balaban J connectivity index is 1.95. The summed E-state index contributed by atoms with van der Waals surface area (Å²) < 4.78 is 0. The molecule has 2 bridgehead atoms. The van der Waals surface area contributed by atoms with Gasteiger partial charge < -0.3 is 5.32 Å². The molecule has 3 atom stereocenters. The molecule has 106 valence electrons. The lowest BCUT2D eigenvalue weighted by molar-refractivity contribution is 0.00190. The molecule has 0 aromatic heterocycles. The minimum Gasteiger partial charge on any atom is -0.314 e. The Morgan fingerprint density at radius 2 is 1.89 bits per heavy atom. The second-order valence-corrected chi connectivity index (χ2v) is 7.24. The third-order valence-electron chi connectivity index (χ3n) is 4.60. The van der Waals surface area contributed by atoms with Crippen molar-refractivity contribution in [2.45, 2.75) is 77.0 Å². The molecule has 1 N–H and O–H groups in total. The average Bonchev–Trinajstić information content (AvgIpc) is 2.35. The zero-order valence-electron chi connectivity index (χ0n) is 12.3. The van der Waals surface area contributed by atoms with Gasteiger partial charge in [-0.15, -0.1) is 0 Å². The maximum atomic E-state index is 3.68. The van der Waals surface area contributed by atoms with Gasteiger partial charge in [-0.2, -0.15) is 11.8 Å². The molecule has 0 radical (unpaired) electrons. The van der Waals surface area contributed by atoms with E-state index in [4.69, 9.17) is 0 Å². The van der Waals surface area contributed by atoms with Gasteiger partial charge in [-0.25, -0.2) is 0 Å². The lowest BCUT2D eigenvalue weighted by Gasteiger charge is -2.51. The Morgan fingerprint density at radius 1 is 1.22 bits per heavy atom. The van der Waals surface area contributed by atoms with Crippen molar-refractivity contribution in [2.24, 2.45) is 0 Å². The number of nitrogens with one attached hydrogen (secondary N) is 1. The van der Waals surface area contributed by atoms with E-state index in [2.05, 4.69) is 42.7 Å². The molecule has 2 rings (SSSR count). The molecule has 2 heterocycles. The van der Waals surface area contributed by atoms with Crippen LogP contribution < -0.4 is 5.32 Å². The zero-order valence-corrected chi connectivity index (χ0v) is 13.1. The second-order valence-electron chi connectivity index (χ2n) is 5.92. The number of fused-ring (bicyclic) bond motifs is 2. The minimum absolute atomic E-state index is 0.771. The van der Waals surface area contributed by atoms with Gasteiger partial charge >= 0.3 is 0 Å². The van der Waals surface area contributed by atoms with Crippen molar-refractivity contribution >= 4 is 11.8 Å². The van der Waals surface area contributed by atoms with Gasteiger partial charge in [0.1, 0.15) is 0 Å². The van der Waals surface area contributed by atoms with E-state index in [1.807, 2.05) is 0 Å². The van der Waals surface area contributed by atoms with E-state index < -0.39 is 0 Å². The summed E-state index contributed by atoms with van der Waals surface area (Å²) in [5.74, 6) is 2.57.